The van der Waals surface area contributed by atoms with Crippen LogP contribution in [0.2, 0.25) is 0 Å². The van der Waals surface area contributed by atoms with Crippen LogP contribution in [-0.2, 0) is 16.4 Å². The number of nitrogens with zero attached hydrogens (tertiary/aromatic N) is 3. The Kier molecular flexibility index (Phi) is 5.38. The first-order valence-electron chi connectivity index (χ1n) is 8.64. The topological polar surface area (TPSA) is 105 Å². The molecule has 140 valence electrons. The number of sulfonamides is 1. The van der Waals surface area contributed by atoms with Gasteiger partial charge in [-0.15, -0.1) is 5.10 Å². The number of aromatic nitrogens is 2. The van der Waals surface area contributed by atoms with Crippen molar-refractivity contribution in [3.63, 3.8) is 0 Å². The molecule has 9 heteroatoms. The minimum absolute atomic E-state index is 0.0194. The molecule has 26 heavy (non-hydrogen) atoms. The van der Waals surface area contributed by atoms with Gasteiger partial charge in [0.1, 0.15) is 0 Å². The third-order valence-corrected chi connectivity index (χ3v) is 6.40. The lowest BCUT2D eigenvalue weighted by Gasteiger charge is -2.29. The van der Waals surface area contributed by atoms with Crippen molar-refractivity contribution in [1.82, 2.24) is 14.5 Å². The second kappa shape index (κ2) is 7.55. The minimum atomic E-state index is -3.53. The second-order valence-corrected chi connectivity index (χ2v) is 8.36. The van der Waals surface area contributed by atoms with E-state index >= 15 is 0 Å². The first-order valence-corrected chi connectivity index (χ1v) is 10.1. The zero-order chi connectivity index (χ0) is 18.7. The van der Waals surface area contributed by atoms with Gasteiger partial charge in [0.25, 0.3) is 5.91 Å². The van der Waals surface area contributed by atoms with Gasteiger partial charge in [-0.2, -0.15) is 4.31 Å². The number of nitrogens with one attached hydrogen (secondary N) is 1. The smallest absolute Gasteiger partial charge is 0.322 e. The summed E-state index contributed by atoms with van der Waals surface area (Å²) in [6.45, 7) is 5.05. The maximum Gasteiger partial charge on any atom is 0.322 e. The highest BCUT2D eigenvalue weighted by atomic mass is 32.2. The molecule has 1 N–H and O–H groups in total. The summed E-state index contributed by atoms with van der Waals surface area (Å²) in [7, 11) is -3.53. The molecule has 1 fully saturated rings. The molecule has 2 aromatic rings. The molecule has 1 aromatic heterocycles. The molecule has 1 aromatic carbocycles. The Hall–Kier alpha value is -2.26. The normalized spacial score (nSPS) is 16.5. The van der Waals surface area contributed by atoms with Crippen molar-refractivity contribution < 1.29 is 17.6 Å². The predicted molar refractivity (Wildman–Crippen MR) is 95.2 cm³/mol. The Morgan fingerprint density at radius 1 is 1.23 bits per heavy atom. The van der Waals surface area contributed by atoms with Crippen molar-refractivity contribution in [2.45, 2.75) is 38.0 Å². The molecular weight excluding hydrogens is 356 g/mol. The lowest BCUT2D eigenvalue weighted by Crippen LogP contribution is -2.37. The molecule has 0 aliphatic carbocycles. The van der Waals surface area contributed by atoms with Crippen LogP contribution in [0.3, 0.4) is 0 Å². The molecule has 0 bridgehead atoms. The van der Waals surface area contributed by atoms with E-state index < -0.39 is 15.9 Å². The highest BCUT2D eigenvalue weighted by Gasteiger charge is 2.28. The van der Waals surface area contributed by atoms with Crippen molar-refractivity contribution in [1.29, 1.82) is 0 Å². The lowest BCUT2D eigenvalue weighted by molar-refractivity contribution is 0.102. The van der Waals surface area contributed by atoms with Crippen LogP contribution in [0.5, 0.6) is 0 Å². The van der Waals surface area contributed by atoms with Gasteiger partial charge >= 0.3 is 6.01 Å². The van der Waals surface area contributed by atoms with Crippen molar-refractivity contribution in [3.8, 4) is 0 Å². The summed E-state index contributed by atoms with van der Waals surface area (Å²) in [5.41, 5.74) is 0.312. The van der Waals surface area contributed by atoms with Crippen molar-refractivity contribution >= 4 is 21.9 Å². The fraction of sp³-hybridized carbons (Fsp3) is 0.471. The molecule has 0 saturated carbocycles. The molecule has 1 aliphatic rings. The minimum Gasteiger partial charge on any atom is -0.408 e. The quantitative estimate of drug-likeness (QED) is 0.856. The average Bonchev–Trinajstić information content (AvgIpc) is 3.10. The van der Waals surface area contributed by atoms with Crippen LogP contribution in [0.25, 0.3) is 0 Å². The van der Waals surface area contributed by atoms with Gasteiger partial charge in [-0.25, -0.2) is 8.42 Å². The number of anilines is 1. The van der Waals surface area contributed by atoms with E-state index in [1.54, 1.807) is 0 Å². The standard InChI is InChI=1S/C17H22N4O4S/c1-3-15-19-20-17(25-15)18-16(22)13-4-6-14(7-5-13)26(23,24)21-10-8-12(2)9-11-21/h4-7,12H,3,8-11H2,1-2H3,(H,18,20,22). The van der Waals surface area contributed by atoms with E-state index in [9.17, 15) is 13.2 Å². The largest absolute Gasteiger partial charge is 0.408 e. The lowest BCUT2D eigenvalue weighted by atomic mass is 10.0. The van der Waals surface area contributed by atoms with Crippen LogP contribution < -0.4 is 5.32 Å². The molecule has 2 heterocycles. The number of amides is 1. The van der Waals surface area contributed by atoms with Crippen LogP contribution in [0.1, 0.15) is 42.9 Å². The molecule has 3 rings (SSSR count). The van der Waals surface area contributed by atoms with E-state index in [-0.39, 0.29) is 10.9 Å². The van der Waals surface area contributed by atoms with Crippen LogP contribution in [0.15, 0.2) is 33.6 Å². The zero-order valence-corrected chi connectivity index (χ0v) is 15.6. The average molecular weight is 378 g/mol. The number of rotatable bonds is 5. The van der Waals surface area contributed by atoms with Crippen molar-refractivity contribution in [3.05, 3.63) is 35.7 Å². The van der Waals surface area contributed by atoms with E-state index in [0.29, 0.717) is 36.9 Å². The Labute approximate surface area is 152 Å². The monoisotopic (exact) mass is 378 g/mol. The highest BCUT2D eigenvalue weighted by molar-refractivity contribution is 7.89. The summed E-state index contributed by atoms with van der Waals surface area (Å²) in [4.78, 5) is 12.4. The molecular formula is C17H22N4O4S. The zero-order valence-electron chi connectivity index (χ0n) is 14.8. The van der Waals surface area contributed by atoms with E-state index in [1.807, 2.05) is 6.92 Å². The maximum absolute atomic E-state index is 12.7. The van der Waals surface area contributed by atoms with E-state index in [4.69, 9.17) is 4.42 Å². The molecule has 1 saturated heterocycles. The van der Waals surface area contributed by atoms with Gasteiger partial charge < -0.3 is 4.42 Å². The molecule has 0 atom stereocenters. The third kappa shape index (κ3) is 3.94. The SMILES string of the molecule is CCc1nnc(NC(=O)c2ccc(S(=O)(=O)N3CCC(C)CC3)cc2)o1. The molecule has 0 spiro atoms. The number of aryl methyl sites for hydroxylation is 1. The van der Waals surface area contributed by atoms with Gasteiger partial charge in [-0.3, -0.25) is 10.1 Å². The molecule has 8 nitrogen and oxygen atoms in total. The van der Waals surface area contributed by atoms with Crippen LogP contribution in [0, 0.1) is 5.92 Å². The Morgan fingerprint density at radius 2 is 1.88 bits per heavy atom. The first kappa shape index (κ1) is 18.5. The summed E-state index contributed by atoms with van der Waals surface area (Å²) < 4.78 is 32.1. The third-order valence-electron chi connectivity index (χ3n) is 4.49. The van der Waals surface area contributed by atoms with Crippen molar-refractivity contribution in [2.75, 3.05) is 18.4 Å². The Bertz CT molecular complexity index is 868. The van der Waals surface area contributed by atoms with Gasteiger partial charge in [0, 0.05) is 25.1 Å². The Balaban J connectivity index is 1.70. The van der Waals surface area contributed by atoms with Crippen LogP contribution in [-0.4, -0.2) is 41.9 Å². The van der Waals surface area contributed by atoms with Crippen LogP contribution in [0.4, 0.5) is 6.01 Å². The highest BCUT2D eigenvalue weighted by Crippen LogP contribution is 2.23. The summed E-state index contributed by atoms with van der Waals surface area (Å²) in [6, 6.07) is 5.88. The molecule has 0 radical (unpaired) electrons. The fourth-order valence-corrected chi connectivity index (χ4v) is 4.24. The second-order valence-electron chi connectivity index (χ2n) is 6.42. The summed E-state index contributed by atoms with van der Waals surface area (Å²) in [5.74, 6) is 0.537. The number of benzene rings is 1. The van der Waals surface area contributed by atoms with Gasteiger partial charge in [0.15, 0.2) is 0 Å². The van der Waals surface area contributed by atoms with Gasteiger partial charge in [0.2, 0.25) is 15.9 Å². The van der Waals surface area contributed by atoms with Crippen LogP contribution >= 0.6 is 0 Å². The van der Waals surface area contributed by atoms with E-state index in [1.165, 1.54) is 28.6 Å². The summed E-state index contributed by atoms with van der Waals surface area (Å²) >= 11 is 0. The number of carbonyl (C=O) groups excluding carboxylic acids is 1. The van der Waals surface area contributed by atoms with Crippen molar-refractivity contribution in [2.24, 2.45) is 5.92 Å². The summed E-state index contributed by atoms with van der Waals surface area (Å²) in [5, 5.41) is 9.99. The molecule has 1 amide bonds. The predicted octanol–water partition coefficient (Wildman–Crippen LogP) is 2.30. The molecule has 1 aliphatic heterocycles. The maximum atomic E-state index is 12.7. The molecule has 0 unspecified atom stereocenters. The number of hydrogen-bond donors (Lipinski definition) is 1. The fourth-order valence-electron chi connectivity index (χ4n) is 2.77. The number of carbonyl (C=O) groups is 1. The first-order chi connectivity index (χ1) is 12.4. The summed E-state index contributed by atoms with van der Waals surface area (Å²) in [6.07, 6.45) is 2.30. The Morgan fingerprint density at radius 3 is 2.46 bits per heavy atom. The van der Waals surface area contributed by atoms with E-state index in [0.717, 1.165) is 12.8 Å². The van der Waals surface area contributed by atoms with Gasteiger partial charge in [-0.1, -0.05) is 18.9 Å². The number of piperidine rings is 1. The number of hydrogen-bond acceptors (Lipinski definition) is 6. The van der Waals surface area contributed by atoms with Gasteiger partial charge in [0.05, 0.1) is 4.90 Å². The van der Waals surface area contributed by atoms with E-state index in [2.05, 4.69) is 22.4 Å². The van der Waals surface area contributed by atoms with Gasteiger partial charge in [-0.05, 0) is 43.0 Å².